The van der Waals surface area contributed by atoms with Crippen molar-refractivity contribution in [1.29, 1.82) is 0 Å². The lowest BCUT2D eigenvalue weighted by molar-refractivity contribution is -0.119. The van der Waals surface area contributed by atoms with Gasteiger partial charge in [-0.1, -0.05) is 30.3 Å². The summed E-state index contributed by atoms with van der Waals surface area (Å²) in [4.78, 5) is 10.9. The van der Waals surface area contributed by atoms with Crippen molar-refractivity contribution in [1.82, 2.24) is 5.32 Å². The normalized spacial score (nSPS) is 9.92. The Morgan fingerprint density at radius 1 is 1.17 bits per heavy atom. The SMILES string of the molecule is COc1cc(CNCc2ccccc2)cc(Br)c1OCC(N)=O.[Cl-]. The van der Waals surface area contributed by atoms with Gasteiger partial charge in [-0.25, -0.2) is 0 Å². The minimum absolute atomic E-state index is 0. The van der Waals surface area contributed by atoms with Crippen molar-refractivity contribution >= 4 is 21.8 Å². The highest BCUT2D eigenvalue weighted by Crippen LogP contribution is 2.36. The number of methoxy groups -OCH3 is 1. The van der Waals surface area contributed by atoms with Crippen LogP contribution in [0.25, 0.3) is 0 Å². The number of benzene rings is 2. The van der Waals surface area contributed by atoms with Gasteiger partial charge in [0.1, 0.15) is 0 Å². The molecule has 2 aromatic rings. The maximum Gasteiger partial charge on any atom is 0.255 e. The van der Waals surface area contributed by atoms with E-state index < -0.39 is 5.91 Å². The van der Waals surface area contributed by atoms with Crippen molar-refractivity contribution < 1.29 is 26.7 Å². The monoisotopic (exact) mass is 413 g/mol. The van der Waals surface area contributed by atoms with Crippen LogP contribution in [0.5, 0.6) is 11.5 Å². The van der Waals surface area contributed by atoms with Gasteiger partial charge in [0, 0.05) is 13.1 Å². The number of nitrogens with one attached hydrogen (secondary N) is 1. The second-order valence-electron chi connectivity index (χ2n) is 4.95. The molecular formula is C17H19BrClN2O3-. The summed E-state index contributed by atoms with van der Waals surface area (Å²) in [6.45, 7) is 1.27. The molecule has 0 saturated carbocycles. The molecule has 2 rings (SSSR count). The van der Waals surface area contributed by atoms with Crippen LogP contribution in [0.1, 0.15) is 11.1 Å². The first kappa shape index (κ1) is 20.3. The fourth-order valence-electron chi connectivity index (χ4n) is 2.11. The van der Waals surface area contributed by atoms with Gasteiger partial charge in [-0.05, 0) is 39.2 Å². The third kappa shape index (κ3) is 6.03. The molecule has 0 aliphatic rings. The van der Waals surface area contributed by atoms with Crippen molar-refractivity contribution in [3.63, 3.8) is 0 Å². The van der Waals surface area contributed by atoms with Crippen LogP contribution in [-0.4, -0.2) is 19.6 Å². The van der Waals surface area contributed by atoms with E-state index in [-0.39, 0.29) is 19.0 Å². The molecule has 0 unspecified atom stereocenters. The number of carbonyl (C=O) groups is 1. The largest absolute Gasteiger partial charge is 1.00 e. The summed E-state index contributed by atoms with van der Waals surface area (Å²) in [6.07, 6.45) is 0. The summed E-state index contributed by atoms with van der Waals surface area (Å²) in [5.41, 5.74) is 7.36. The predicted molar refractivity (Wildman–Crippen MR) is 92.4 cm³/mol. The minimum Gasteiger partial charge on any atom is -1.00 e. The van der Waals surface area contributed by atoms with E-state index in [1.165, 1.54) is 5.56 Å². The Hall–Kier alpha value is -1.76. The molecule has 5 nitrogen and oxygen atoms in total. The van der Waals surface area contributed by atoms with Crippen molar-refractivity contribution in [3.8, 4) is 11.5 Å². The van der Waals surface area contributed by atoms with Gasteiger partial charge in [-0.15, -0.1) is 0 Å². The van der Waals surface area contributed by atoms with Crippen LogP contribution in [0.3, 0.4) is 0 Å². The zero-order chi connectivity index (χ0) is 16.7. The molecule has 0 aromatic heterocycles. The van der Waals surface area contributed by atoms with Crippen molar-refractivity contribution in [2.75, 3.05) is 13.7 Å². The molecule has 24 heavy (non-hydrogen) atoms. The van der Waals surface area contributed by atoms with E-state index in [2.05, 4.69) is 33.4 Å². The molecule has 0 fully saturated rings. The maximum atomic E-state index is 10.9. The Balaban J connectivity index is 0.00000288. The lowest BCUT2D eigenvalue weighted by atomic mass is 10.2. The van der Waals surface area contributed by atoms with E-state index in [1.54, 1.807) is 7.11 Å². The molecule has 130 valence electrons. The number of rotatable bonds is 8. The number of nitrogens with two attached hydrogens (primary N) is 1. The number of hydrogen-bond donors (Lipinski definition) is 2. The molecular weight excluding hydrogens is 396 g/mol. The van der Waals surface area contributed by atoms with Crippen molar-refractivity contribution in [2.45, 2.75) is 13.1 Å². The van der Waals surface area contributed by atoms with E-state index in [1.807, 2.05) is 30.3 Å². The summed E-state index contributed by atoms with van der Waals surface area (Å²) >= 11 is 3.44. The first-order chi connectivity index (χ1) is 11.1. The van der Waals surface area contributed by atoms with Gasteiger partial charge in [0.15, 0.2) is 18.1 Å². The van der Waals surface area contributed by atoms with E-state index in [0.717, 1.165) is 16.6 Å². The molecule has 2 aromatic carbocycles. The summed E-state index contributed by atoms with van der Waals surface area (Å²) in [5, 5.41) is 3.37. The van der Waals surface area contributed by atoms with Gasteiger partial charge in [-0.3, -0.25) is 4.79 Å². The minimum atomic E-state index is -0.535. The van der Waals surface area contributed by atoms with Gasteiger partial charge >= 0.3 is 0 Å². The summed E-state index contributed by atoms with van der Waals surface area (Å²) in [5.74, 6) is 0.489. The molecule has 0 saturated heterocycles. The number of primary amides is 1. The number of ether oxygens (including phenoxy) is 2. The number of halogens is 2. The summed E-state index contributed by atoms with van der Waals surface area (Å²) in [7, 11) is 1.56. The quantitative estimate of drug-likeness (QED) is 0.617. The van der Waals surface area contributed by atoms with Crippen LogP contribution in [0.4, 0.5) is 0 Å². The van der Waals surface area contributed by atoms with Gasteiger partial charge in [-0.2, -0.15) is 0 Å². The summed E-state index contributed by atoms with van der Waals surface area (Å²) in [6, 6.07) is 14.0. The standard InChI is InChI=1S/C17H19BrN2O3.ClH/c1-22-15-8-13(7-14(18)17(15)23-11-16(19)21)10-20-9-12-5-3-2-4-6-12;/h2-8,20H,9-11H2,1H3,(H2,19,21);1H/p-1. The van der Waals surface area contributed by atoms with Gasteiger partial charge in [0.2, 0.25) is 0 Å². The first-order valence-electron chi connectivity index (χ1n) is 7.12. The van der Waals surface area contributed by atoms with Gasteiger partial charge in [0.05, 0.1) is 11.6 Å². The zero-order valence-corrected chi connectivity index (χ0v) is 15.6. The highest BCUT2D eigenvalue weighted by molar-refractivity contribution is 9.10. The van der Waals surface area contributed by atoms with Crippen LogP contribution >= 0.6 is 15.9 Å². The fourth-order valence-corrected chi connectivity index (χ4v) is 2.71. The Morgan fingerprint density at radius 3 is 2.46 bits per heavy atom. The molecule has 3 N–H and O–H groups in total. The Morgan fingerprint density at radius 2 is 1.83 bits per heavy atom. The topological polar surface area (TPSA) is 73.6 Å². The van der Waals surface area contributed by atoms with E-state index in [9.17, 15) is 4.79 Å². The van der Waals surface area contributed by atoms with Crippen LogP contribution in [-0.2, 0) is 17.9 Å². The Kier molecular flexibility index (Phi) is 8.60. The highest BCUT2D eigenvalue weighted by Gasteiger charge is 2.12. The molecule has 0 radical (unpaired) electrons. The Labute approximate surface area is 156 Å². The van der Waals surface area contributed by atoms with Crippen molar-refractivity contribution in [2.24, 2.45) is 5.73 Å². The molecule has 0 aliphatic carbocycles. The fraction of sp³-hybridized carbons (Fsp3) is 0.235. The van der Waals surface area contributed by atoms with Gasteiger partial charge in [0.25, 0.3) is 5.91 Å². The van der Waals surface area contributed by atoms with E-state index in [0.29, 0.717) is 18.0 Å². The average molecular weight is 415 g/mol. The van der Waals surface area contributed by atoms with Crippen LogP contribution in [0, 0.1) is 0 Å². The summed E-state index contributed by atoms with van der Waals surface area (Å²) < 4.78 is 11.4. The predicted octanol–water partition coefficient (Wildman–Crippen LogP) is -0.384. The van der Waals surface area contributed by atoms with Crippen LogP contribution in [0.2, 0.25) is 0 Å². The lowest BCUT2D eigenvalue weighted by Crippen LogP contribution is -3.00. The second kappa shape index (κ2) is 10.2. The number of carbonyl (C=O) groups excluding carboxylic acids is 1. The molecule has 0 atom stereocenters. The second-order valence-corrected chi connectivity index (χ2v) is 5.81. The third-order valence-corrected chi connectivity index (χ3v) is 3.74. The Bertz CT molecular complexity index is 668. The number of amides is 1. The smallest absolute Gasteiger partial charge is 0.255 e. The lowest BCUT2D eigenvalue weighted by Gasteiger charge is -2.14. The molecule has 0 spiro atoms. The van der Waals surface area contributed by atoms with E-state index in [4.69, 9.17) is 15.2 Å². The van der Waals surface area contributed by atoms with Crippen LogP contribution in [0.15, 0.2) is 46.9 Å². The van der Waals surface area contributed by atoms with Crippen molar-refractivity contribution in [3.05, 3.63) is 58.1 Å². The molecule has 0 bridgehead atoms. The number of hydrogen-bond acceptors (Lipinski definition) is 4. The van der Waals surface area contributed by atoms with Gasteiger partial charge < -0.3 is 32.9 Å². The molecule has 1 amide bonds. The molecule has 0 aliphatic heterocycles. The molecule has 7 heteroatoms. The zero-order valence-electron chi connectivity index (χ0n) is 13.2. The third-order valence-electron chi connectivity index (χ3n) is 3.15. The molecule has 0 heterocycles. The highest BCUT2D eigenvalue weighted by atomic mass is 79.9. The maximum absolute atomic E-state index is 10.9. The first-order valence-corrected chi connectivity index (χ1v) is 7.91. The van der Waals surface area contributed by atoms with Crippen LogP contribution < -0.4 is 32.9 Å². The van der Waals surface area contributed by atoms with E-state index >= 15 is 0 Å². The average Bonchev–Trinajstić information content (AvgIpc) is 2.54.